The van der Waals surface area contributed by atoms with Crippen LogP contribution in [0.25, 0.3) is 17.4 Å². The molecule has 4 aliphatic rings. The Hall–Kier alpha value is -4.81. The maximum atomic E-state index is 12.4. The number of carbonyl (C=O) groups excluding carboxylic acids is 3. The lowest BCUT2D eigenvalue weighted by Gasteiger charge is -2.30. The first-order chi connectivity index (χ1) is 30.2. The standard InChI is InChI=1S/C42H53N3O16S3/c1-42(19-7-27-62(49,50)51)35-30-33(64(55,56)57)13-15-36(35)44(21-5-3-4-11-41(48)61-45-39(46)16-17-40(45)47)38(42)10-6-9-31-18-23-60-37-29-32(12-14-34(31)37)43(20-8-28-63(52,53)54)22-24-59-26-25-58-2/h6,9-10,12-15,18,23,29-30H,3-5,7-8,11,16-17,19-22,24-28H2,1-2H3,(H2-,49,50,51,52,53,54,55,56,57)/p+1. The first kappa shape index (κ1) is 50.2. The van der Waals surface area contributed by atoms with E-state index in [2.05, 4.69) is 0 Å². The third-order valence-electron chi connectivity index (χ3n) is 10.9. The van der Waals surface area contributed by atoms with Crippen molar-refractivity contribution in [3.05, 3.63) is 83.1 Å². The lowest BCUT2D eigenvalue weighted by atomic mass is 9.77. The van der Waals surface area contributed by atoms with E-state index in [0.717, 1.165) is 16.5 Å². The number of unbranched alkanes of at least 4 members (excludes halogenated alkanes) is 2. The average molecular weight is 953 g/mol. The highest BCUT2D eigenvalue weighted by Gasteiger charge is 2.44. The van der Waals surface area contributed by atoms with Crippen molar-refractivity contribution in [2.75, 3.05) is 63.0 Å². The zero-order valence-corrected chi connectivity index (χ0v) is 38.0. The smallest absolute Gasteiger partial charge is 0.333 e. The van der Waals surface area contributed by atoms with Crippen molar-refractivity contribution < 1.29 is 72.0 Å². The number of benzene rings is 2. The topological polar surface area (TPSA) is 265 Å². The van der Waals surface area contributed by atoms with Crippen molar-refractivity contribution in [3.63, 3.8) is 0 Å². The number of hydrogen-bond donors (Lipinski definition) is 3. The summed E-state index contributed by atoms with van der Waals surface area (Å²) < 4.78 is 119. The summed E-state index contributed by atoms with van der Waals surface area (Å²) in [6.45, 7) is 4.01. The lowest BCUT2D eigenvalue weighted by Crippen LogP contribution is -2.34. The van der Waals surface area contributed by atoms with Crippen LogP contribution in [0.2, 0.25) is 0 Å². The molecule has 3 heterocycles. The number of allylic oxidation sites excluding steroid dienone is 3. The summed E-state index contributed by atoms with van der Waals surface area (Å²) in [6, 6.07) is 11.5. The maximum Gasteiger partial charge on any atom is 0.333 e. The molecule has 3 aliphatic heterocycles. The summed E-state index contributed by atoms with van der Waals surface area (Å²) >= 11 is 0. The van der Waals surface area contributed by atoms with Crippen LogP contribution in [0.5, 0.6) is 0 Å². The van der Waals surface area contributed by atoms with Gasteiger partial charge in [0.15, 0.2) is 6.54 Å². The molecule has 0 saturated carbocycles. The van der Waals surface area contributed by atoms with E-state index in [1.807, 2.05) is 46.8 Å². The Balaban J connectivity index is 1.46. The number of imide groups is 1. The summed E-state index contributed by atoms with van der Waals surface area (Å²) in [7, 11) is -11.6. The highest BCUT2D eigenvalue weighted by atomic mass is 32.2. The van der Waals surface area contributed by atoms with E-state index in [0.29, 0.717) is 86.5 Å². The Morgan fingerprint density at radius 1 is 0.859 bits per heavy atom. The fourth-order valence-electron chi connectivity index (χ4n) is 7.75. The number of anilines is 1. The Morgan fingerprint density at radius 2 is 1.58 bits per heavy atom. The summed E-state index contributed by atoms with van der Waals surface area (Å²) in [5, 5.41) is 1.22. The van der Waals surface area contributed by atoms with Gasteiger partial charge in [0, 0.05) is 67.8 Å². The van der Waals surface area contributed by atoms with Crippen LogP contribution in [0.1, 0.15) is 75.8 Å². The van der Waals surface area contributed by atoms with Crippen molar-refractivity contribution in [2.24, 2.45) is 0 Å². The van der Waals surface area contributed by atoms with Gasteiger partial charge in [-0.15, -0.1) is 5.06 Å². The lowest BCUT2D eigenvalue weighted by molar-refractivity contribution is -0.197. The van der Waals surface area contributed by atoms with E-state index in [1.165, 1.54) is 18.4 Å². The van der Waals surface area contributed by atoms with Crippen LogP contribution in [-0.4, -0.2) is 120 Å². The first-order valence-corrected chi connectivity index (χ1v) is 25.3. The number of nitrogens with zero attached hydrogens (tertiary/aromatic N) is 3. The first-order valence-electron chi connectivity index (χ1n) is 20.6. The van der Waals surface area contributed by atoms with Crippen LogP contribution >= 0.6 is 0 Å². The van der Waals surface area contributed by atoms with Gasteiger partial charge >= 0.3 is 5.97 Å². The van der Waals surface area contributed by atoms with Gasteiger partial charge in [0.25, 0.3) is 42.2 Å². The van der Waals surface area contributed by atoms with Gasteiger partial charge in [-0.05, 0) is 80.1 Å². The van der Waals surface area contributed by atoms with E-state index in [9.17, 15) is 53.3 Å². The molecule has 1 atom stereocenters. The molecule has 5 rings (SSSR count). The van der Waals surface area contributed by atoms with Crippen molar-refractivity contribution in [2.45, 2.75) is 75.0 Å². The summed E-state index contributed by atoms with van der Waals surface area (Å²) in [5.41, 5.74) is 2.22. The highest BCUT2D eigenvalue weighted by Crippen LogP contribution is 2.51. The summed E-state index contributed by atoms with van der Waals surface area (Å²) in [5.74, 6) is -2.33. The van der Waals surface area contributed by atoms with Crippen LogP contribution in [0.4, 0.5) is 5.69 Å². The summed E-state index contributed by atoms with van der Waals surface area (Å²) in [6.07, 6.45) is 8.56. The molecule has 1 fully saturated rings. The fraction of sp³-hybridized carbons (Fsp3) is 0.476. The second-order valence-electron chi connectivity index (χ2n) is 15.6. The molecule has 350 valence electrons. The van der Waals surface area contributed by atoms with Gasteiger partial charge in [-0.2, -0.15) is 25.3 Å². The molecule has 1 aliphatic carbocycles. The SMILES string of the molecule is COCCOCC[N+](CCCS(=O)(=O)O)=c1ccc2c(/C=C/C=C3/N(CCCCCC(=O)ON4C(=O)CCC4=O)c4ccc(S(=O)(=O)O)cc4C3(C)CCCS(=O)(=O)O)ccoc-2c1. The van der Waals surface area contributed by atoms with E-state index in [-0.39, 0.29) is 43.4 Å². The van der Waals surface area contributed by atoms with E-state index in [1.54, 1.807) is 25.3 Å². The highest BCUT2D eigenvalue weighted by molar-refractivity contribution is 7.86. The van der Waals surface area contributed by atoms with Gasteiger partial charge in [0.2, 0.25) is 5.36 Å². The second-order valence-corrected chi connectivity index (χ2v) is 20.1. The maximum absolute atomic E-state index is 12.4. The zero-order valence-electron chi connectivity index (χ0n) is 35.6. The number of rotatable bonds is 24. The molecule has 22 heteroatoms. The van der Waals surface area contributed by atoms with E-state index in [4.69, 9.17) is 18.7 Å². The molecule has 1 aromatic rings. The van der Waals surface area contributed by atoms with Crippen molar-refractivity contribution in [1.82, 2.24) is 9.64 Å². The Morgan fingerprint density at radius 3 is 2.27 bits per heavy atom. The van der Waals surface area contributed by atoms with Gasteiger partial charge < -0.3 is 23.6 Å². The van der Waals surface area contributed by atoms with Crippen LogP contribution in [0.15, 0.2) is 75.9 Å². The fourth-order valence-corrected chi connectivity index (χ4v) is 9.26. The van der Waals surface area contributed by atoms with Crippen molar-refractivity contribution in [1.29, 1.82) is 0 Å². The van der Waals surface area contributed by atoms with Gasteiger partial charge in [-0.25, -0.2) is 9.37 Å². The normalized spacial score (nSPS) is 18.2. The van der Waals surface area contributed by atoms with Gasteiger partial charge in [-0.1, -0.05) is 18.6 Å². The molecule has 1 saturated heterocycles. The number of fused-ring (bicyclic) bond motifs is 2. The third-order valence-corrected chi connectivity index (χ3v) is 13.4. The minimum Gasteiger partial charge on any atom is -0.464 e. The molecule has 1 aromatic carbocycles. The Kier molecular flexibility index (Phi) is 17.2. The third kappa shape index (κ3) is 13.8. The van der Waals surface area contributed by atoms with Gasteiger partial charge in [0.05, 0.1) is 41.9 Å². The predicted molar refractivity (Wildman–Crippen MR) is 233 cm³/mol. The predicted octanol–water partition coefficient (Wildman–Crippen LogP) is 3.85. The number of methoxy groups -OCH3 is 1. The van der Waals surface area contributed by atoms with Crippen molar-refractivity contribution in [3.8, 4) is 11.3 Å². The molecular weight excluding hydrogens is 899 g/mol. The molecule has 1 unspecified atom stereocenters. The molecule has 19 nitrogen and oxygen atoms in total. The largest absolute Gasteiger partial charge is 0.464 e. The molecule has 0 radical (unpaired) electrons. The number of ether oxygens (including phenoxy) is 2. The van der Waals surface area contributed by atoms with Gasteiger partial charge in [-0.3, -0.25) is 23.2 Å². The number of carbonyl (C=O) groups is 3. The van der Waals surface area contributed by atoms with Crippen molar-refractivity contribution >= 4 is 59.9 Å². The van der Waals surface area contributed by atoms with Crippen LogP contribution < -0.4 is 14.8 Å². The average Bonchev–Trinajstić information content (AvgIpc) is 3.65. The number of hydrogen-bond acceptors (Lipinski definition) is 14. The van der Waals surface area contributed by atoms with E-state index >= 15 is 0 Å². The molecule has 64 heavy (non-hydrogen) atoms. The summed E-state index contributed by atoms with van der Waals surface area (Å²) in [4.78, 5) is 42.7. The second kappa shape index (κ2) is 21.9. The minimum atomic E-state index is -4.64. The molecule has 0 bridgehead atoms. The Labute approximate surface area is 372 Å². The quantitative estimate of drug-likeness (QED) is 0.0498. The van der Waals surface area contributed by atoms with Gasteiger partial charge in [0.1, 0.15) is 18.9 Å². The van der Waals surface area contributed by atoms with Crippen LogP contribution in [0, 0.1) is 0 Å². The molecule has 3 N–H and O–H groups in total. The van der Waals surface area contributed by atoms with Crippen LogP contribution in [-0.2, 0) is 64.5 Å². The van der Waals surface area contributed by atoms with Crippen LogP contribution in [0.3, 0.4) is 0 Å². The zero-order chi connectivity index (χ0) is 46.7. The van der Waals surface area contributed by atoms with E-state index < -0.39 is 65.1 Å². The minimum absolute atomic E-state index is 0.00315. The molecule has 0 spiro atoms. The monoisotopic (exact) mass is 952 g/mol. The Bertz CT molecular complexity index is 2610. The molecule has 2 amide bonds. The molecule has 0 aromatic heterocycles. The number of amides is 2. The number of hydroxylamine groups is 2. The molecular formula is C42H54N3O16S3+.